The number of piperazine rings is 1. The monoisotopic (exact) mass is 198 g/mol. The van der Waals surface area contributed by atoms with Gasteiger partial charge in [0.25, 0.3) is 0 Å². The minimum Gasteiger partial charge on any atom is -0.345 e. The number of hydrogen-bond donors (Lipinski definition) is 1. The molecule has 0 aromatic carbocycles. The van der Waals surface area contributed by atoms with Crippen LogP contribution in [0.15, 0.2) is 0 Å². The van der Waals surface area contributed by atoms with Crippen LogP contribution in [0, 0.1) is 0 Å². The van der Waals surface area contributed by atoms with Crippen molar-refractivity contribution in [3.05, 3.63) is 0 Å². The van der Waals surface area contributed by atoms with E-state index in [0.717, 1.165) is 12.8 Å². The molecule has 1 unspecified atom stereocenters. The summed E-state index contributed by atoms with van der Waals surface area (Å²) < 4.78 is 0. The number of hydrogen-bond acceptors (Lipinski definition) is 2. The fourth-order valence-electron chi connectivity index (χ4n) is 1.71. The number of amides is 2. The van der Waals surface area contributed by atoms with Crippen LogP contribution >= 0.6 is 0 Å². The highest BCUT2D eigenvalue weighted by molar-refractivity contribution is 5.94. The first-order valence-electron chi connectivity index (χ1n) is 5.27. The van der Waals surface area contributed by atoms with Crippen molar-refractivity contribution in [2.24, 2.45) is 0 Å². The highest BCUT2D eigenvalue weighted by Gasteiger charge is 2.32. The van der Waals surface area contributed by atoms with Gasteiger partial charge in [-0.2, -0.15) is 0 Å². The lowest BCUT2D eigenvalue weighted by atomic mass is 10.1. The lowest BCUT2D eigenvalue weighted by Crippen LogP contribution is -2.58. The van der Waals surface area contributed by atoms with Crippen LogP contribution in [0.1, 0.15) is 33.1 Å². The molecular weight excluding hydrogens is 180 g/mol. The van der Waals surface area contributed by atoms with E-state index in [9.17, 15) is 9.59 Å². The predicted octanol–water partition coefficient (Wildman–Crippen LogP) is 0.523. The summed E-state index contributed by atoms with van der Waals surface area (Å²) in [6.45, 7) is 4.89. The van der Waals surface area contributed by atoms with E-state index in [1.54, 1.807) is 4.90 Å². The zero-order chi connectivity index (χ0) is 10.6. The van der Waals surface area contributed by atoms with Gasteiger partial charge in [-0.3, -0.25) is 9.59 Å². The Labute approximate surface area is 84.7 Å². The van der Waals surface area contributed by atoms with Crippen LogP contribution < -0.4 is 5.32 Å². The largest absolute Gasteiger partial charge is 0.345 e. The topological polar surface area (TPSA) is 49.4 Å². The van der Waals surface area contributed by atoms with E-state index in [0.29, 0.717) is 13.0 Å². The first kappa shape index (κ1) is 11.0. The number of rotatable bonds is 4. The molecule has 2 amide bonds. The first-order valence-corrected chi connectivity index (χ1v) is 5.27. The Bertz CT molecular complexity index is 228. The third kappa shape index (κ3) is 2.25. The Kier molecular flexibility index (Phi) is 3.92. The summed E-state index contributed by atoms with van der Waals surface area (Å²) in [7, 11) is 0. The van der Waals surface area contributed by atoms with Gasteiger partial charge in [0.2, 0.25) is 11.8 Å². The third-order valence-electron chi connectivity index (χ3n) is 2.55. The Hall–Kier alpha value is -1.06. The maximum Gasteiger partial charge on any atom is 0.243 e. The van der Waals surface area contributed by atoms with Gasteiger partial charge in [0, 0.05) is 6.54 Å². The van der Waals surface area contributed by atoms with Crippen molar-refractivity contribution in [1.82, 2.24) is 10.2 Å². The Morgan fingerprint density at radius 2 is 2.14 bits per heavy atom. The van der Waals surface area contributed by atoms with E-state index in [1.807, 2.05) is 6.92 Å². The molecular formula is C10H18N2O2. The molecule has 1 rings (SSSR count). The Morgan fingerprint density at radius 1 is 1.43 bits per heavy atom. The van der Waals surface area contributed by atoms with E-state index < -0.39 is 0 Å². The summed E-state index contributed by atoms with van der Waals surface area (Å²) in [6.07, 6.45) is 2.71. The second kappa shape index (κ2) is 4.98. The van der Waals surface area contributed by atoms with Gasteiger partial charge in [-0.25, -0.2) is 0 Å². The number of nitrogens with zero attached hydrogens (tertiary/aromatic N) is 1. The smallest absolute Gasteiger partial charge is 0.243 e. The summed E-state index contributed by atoms with van der Waals surface area (Å²) in [5.41, 5.74) is 0. The molecule has 0 aliphatic carbocycles. The van der Waals surface area contributed by atoms with E-state index in [-0.39, 0.29) is 24.4 Å². The van der Waals surface area contributed by atoms with Crippen molar-refractivity contribution in [2.75, 3.05) is 13.1 Å². The van der Waals surface area contributed by atoms with Crippen molar-refractivity contribution in [3.8, 4) is 0 Å². The quantitative estimate of drug-likeness (QED) is 0.716. The molecule has 4 heteroatoms. The maximum absolute atomic E-state index is 11.5. The highest BCUT2D eigenvalue weighted by atomic mass is 16.2. The average Bonchev–Trinajstić information content (AvgIpc) is 2.19. The molecule has 0 aromatic heterocycles. The summed E-state index contributed by atoms with van der Waals surface area (Å²) in [6, 6.07) is -0.247. The van der Waals surface area contributed by atoms with Crippen molar-refractivity contribution >= 4 is 11.8 Å². The lowest BCUT2D eigenvalue weighted by molar-refractivity contribution is -0.145. The molecule has 1 saturated heterocycles. The van der Waals surface area contributed by atoms with Gasteiger partial charge < -0.3 is 10.2 Å². The van der Waals surface area contributed by atoms with Crippen molar-refractivity contribution in [3.63, 3.8) is 0 Å². The summed E-state index contributed by atoms with van der Waals surface area (Å²) in [4.78, 5) is 24.7. The normalized spacial score (nSPS) is 22.4. The minimum atomic E-state index is -0.247. The van der Waals surface area contributed by atoms with Crippen LogP contribution in [0.5, 0.6) is 0 Å². The van der Waals surface area contributed by atoms with Gasteiger partial charge in [-0.1, -0.05) is 20.3 Å². The molecule has 1 heterocycles. The minimum absolute atomic E-state index is 0.0109. The average molecular weight is 198 g/mol. The van der Waals surface area contributed by atoms with E-state index >= 15 is 0 Å². The Balaban J connectivity index is 2.63. The Morgan fingerprint density at radius 3 is 2.71 bits per heavy atom. The number of nitrogens with one attached hydrogen (secondary N) is 1. The fourth-order valence-corrected chi connectivity index (χ4v) is 1.71. The zero-order valence-electron chi connectivity index (χ0n) is 8.88. The van der Waals surface area contributed by atoms with E-state index in [4.69, 9.17) is 0 Å². The van der Waals surface area contributed by atoms with E-state index in [2.05, 4.69) is 12.2 Å². The van der Waals surface area contributed by atoms with Gasteiger partial charge in [0.1, 0.15) is 6.04 Å². The van der Waals surface area contributed by atoms with Gasteiger partial charge in [0.15, 0.2) is 0 Å². The third-order valence-corrected chi connectivity index (χ3v) is 2.55. The molecule has 0 bridgehead atoms. The van der Waals surface area contributed by atoms with Crippen molar-refractivity contribution < 1.29 is 9.59 Å². The highest BCUT2D eigenvalue weighted by Crippen LogP contribution is 2.10. The van der Waals surface area contributed by atoms with Crippen LogP contribution in [0.25, 0.3) is 0 Å². The zero-order valence-corrected chi connectivity index (χ0v) is 8.88. The molecule has 1 N–H and O–H groups in total. The molecule has 0 radical (unpaired) electrons. The van der Waals surface area contributed by atoms with Crippen LogP contribution in [0.3, 0.4) is 0 Å². The molecule has 4 nitrogen and oxygen atoms in total. The SMILES string of the molecule is CCCCN1C(=O)CNC(=O)C1CC. The lowest BCUT2D eigenvalue weighted by Gasteiger charge is -2.34. The molecule has 0 saturated carbocycles. The molecule has 1 aliphatic heterocycles. The van der Waals surface area contributed by atoms with E-state index in [1.165, 1.54) is 0 Å². The van der Waals surface area contributed by atoms with Gasteiger partial charge >= 0.3 is 0 Å². The predicted molar refractivity (Wildman–Crippen MR) is 53.7 cm³/mol. The summed E-state index contributed by atoms with van der Waals surface area (Å²) in [5, 5.41) is 2.61. The van der Waals surface area contributed by atoms with Crippen molar-refractivity contribution in [1.29, 1.82) is 0 Å². The number of carbonyl (C=O) groups is 2. The molecule has 0 spiro atoms. The molecule has 1 fully saturated rings. The summed E-state index contributed by atoms with van der Waals surface area (Å²) >= 11 is 0. The summed E-state index contributed by atoms with van der Waals surface area (Å²) in [5.74, 6) is 0.0353. The van der Waals surface area contributed by atoms with Gasteiger partial charge in [-0.15, -0.1) is 0 Å². The van der Waals surface area contributed by atoms with Crippen LogP contribution in [0.2, 0.25) is 0 Å². The second-order valence-corrected chi connectivity index (χ2v) is 3.58. The van der Waals surface area contributed by atoms with Gasteiger partial charge in [0.05, 0.1) is 6.54 Å². The molecule has 0 aromatic rings. The van der Waals surface area contributed by atoms with Crippen molar-refractivity contribution in [2.45, 2.75) is 39.2 Å². The molecule has 14 heavy (non-hydrogen) atoms. The van der Waals surface area contributed by atoms with Crippen LogP contribution in [-0.4, -0.2) is 35.8 Å². The van der Waals surface area contributed by atoms with Gasteiger partial charge in [-0.05, 0) is 12.8 Å². The molecule has 1 aliphatic rings. The molecule has 80 valence electrons. The second-order valence-electron chi connectivity index (χ2n) is 3.58. The molecule has 1 atom stereocenters. The van der Waals surface area contributed by atoms with Crippen LogP contribution in [-0.2, 0) is 9.59 Å². The van der Waals surface area contributed by atoms with Crippen LogP contribution in [0.4, 0.5) is 0 Å². The first-order chi connectivity index (χ1) is 6.70. The maximum atomic E-state index is 11.5. The fraction of sp³-hybridized carbons (Fsp3) is 0.800. The number of unbranched alkanes of at least 4 members (excludes halogenated alkanes) is 1. The standard InChI is InChI=1S/C10H18N2O2/c1-3-5-6-12-8(4-2)10(14)11-7-9(12)13/h8H,3-7H2,1-2H3,(H,11,14). The number of carbonyl (C=O) groups excluding carboxylic acids is 2.